The van der Waals surface area contributed by atoms with Gasteiger partial charge in [-0.2, -0.15) is 0 Å². The number of benzene rings is 2. The van der Waals surface area contributed by atoms with Gasteiger partial charge in [0.15, 0.2) is 10.8 Å². The van der Waals surface area contributed by atoms with Gasteiger partial charge in [0.25, 0.3) is 0 Å². The first kappa shape index (κ1) is 20.5. The average Bonchev–Trinajstić information content (AvgIpc) is 3.31. The van der Waals surface area contributed by atoms with Gasteiger partial charge in [0.05, 0.1) is 16.9 Å². The monoisotopic (exact) mass is 443 g/mol. The molecular formula is C21H12F3N3O3S. The van der Waals surface area contributed by atoms with Gasteiger partial charge >= 0.3 is 5.97 Å². The number of rotatable bonds is 4. The van der Waals surface area contributed by atoms with E-state index < -0.39 is 29.3 Å². The minimum Gasteiger partial charge on any atom is -0.402 e. The Morgan fingerprint density at radius 1 is 1.13 bits per heavy atom. The molecule has 0 bridgehead atoms. The van der Waals surface area contributed by atoms with Gasteiger partial charge in [-0.1, -0.05) is 12.1 Å². The molecule has 0 saturated carbocycles. The lowest BCUT2D eigenvalue weighted by Crippen LogP contribution is -2.23. The molecule has 31 heavy (non-hydrogen) atoms. The maximum absolute atomic E-state index is 14.2. The van der Waals surface area contributed by atoms with E-state index >= 15 is 0 Å². The van der Waals surface area contributed by atoms with Crippen LogP contribution in [0.1, 0.15) is 18.2 Å². The molecule has 2 heterocycles. The first-order chi connectivity index (χ1) is 14.8. The minimum absolute atomic E-state index is 0.0350. The second-order valence-corrected chi connectivity index (χ2v) is 7.16. The van der Waals surface area contributed by atoms with Crippen LogP contribution in [-0.4, -0.2) is 22.8 Å². The molecule has 156 valence electrons. The number of anilines is 2. The highest BCUT2D eigenvalue weighted by molar-refractivity contribution is 7.14. The van der Waals surface area contributed by atoms with Gasteiger partial charge in [-0.15, -0.1) is 11.3 Å². The van der Waals surface area contributed by atoms with Crippen molar-refractivity contribution < 1.29 is 27.5 Å². The Bertz CT molecular complexity index is 1270. The maximum atomic E-state index is 14.2. The number of thiazole rings is 1. The van der Waals surface area contributed by atoms with Crippen molar-refractivity contribution in [2.45, 2.75) is 6.92 Å². The Balaban J connectivity index is 1.66. The second-order valence-electron chi connectivity index (χ2n) is 6.32. The predicted octanol–water partition coefficient (Wildman–Crippen LogP) is 4.59. The topological polar surface area (TPSA) is 71.9 Å². The lowest BCUT2D eigenvalue weighted by atomic mass is 10.2. The summed E-state index contributed by atoms with van der Waals surface area (Å²) in [4.78, 5) is 33.4. The lowest BCUT2D eigenvalue weighted by molar-refractivity contribution is -0.130. The smallest absolute Gasteiger partial charge is 0.363 e. The van der Waals surface area contributed by atoms with Gasteiger partial charge in [0, 0.05) is 18.4 Å². The highest BCUT2D eigenvalue weighted by atomic mass is 32.1. The highest BCUT2D eigenvalue weighted by Crippen LogP contribution is 2.32. The zero-order valence-electron chi connectivity index (χ0n) is 15.8. The third-order valence-electron chi connectivity index (χ3n) is 4.18. The molecule has 0 spiro atoms. The summed E-state index contributed by atoms with van der Waals surface area (Å²) in [6, 6.07) is 8.53. The van der Waals surface area contributed by atoms with E-state index in [9.17, 15) is 22.8 Å². The molecule has 4 rings (SSSR count). The summed E-state index contributed by atoms with van der Waals surface area (Å²) in [6.07, 6.45) is 1.30. The zero-order valence-corrected chi connectivity index (χ0v) is 16.6. The number of carbonyl (C=O) groups excluding carboxylic acids is 2. The van der Waals surface area contributed by atoms with E-state index in [2.05, 4.69) is 9.98 Å². The van der Waals surface area contributed by atoms with Crippen LogP contribution in [-0.2, 0) is 14.3 Å². The SMILES string of the molecule is CC(=O)N(c1nc(/C=C2\N=C(c3ccccc3F)OC2=O)cs1)c1ccc(F)cc1F. The van der Waals surface area contributed by atoms with Crippen LogP contribution < -0.4 is 4.90 Å². The van der Waals surface area contributed by atoms with Gasteiger partial charge in [0.1, 0.15) is 17.5 Å². The van der Waals surface area contributed by atoms with Gasteiger partial charge in [-0.3, -0.25) is 9.69 Å². The van der Waals surface area contributed by atoms with Crippen molar-refractivity contribution in [2.24, 2.45) is 4.99 Å². The Kier molecular flexibility index (Phi) is 5.38. The molecule has 0 N–H and O–H groups in total. The number of hydrogen-bond donors (Lipinski definition) is 0. The summed E-state index contributed by atoms with van der Waals surface area (Å²) in [7, 11) is 0. The molecule has 3 aromatic rings. The third-order valence-corrected chi connectivity index (χ3v) is 5.02. The summed E-state index contributed by atoms with van der Waals surface area (Å²) in [5.41, 5.74) is 0.00652. The summed E-state index contributed by atoms with van der Waals surface area (Å²) in [5, 5.41) is 1.62. The summed E-state index contributed by atoms with van der Waals surface area (Å²) in [6.45, 7) is 1.21. The van der Waals surface area contributed by atoms with Gasteiger partial charge in [0.2, 0.25) is 11.8 Å². The number of hydrogen-bond acceptors (Lipinski definition) is 6. The minimum atomic E-state index is -0.927. The molecule has 1 aliphatic heterocycles. The fourth-order valence-electron chi connectivity index (χ4n) is 2.81. The molecule has 0 saturated heterocycles. The summed E-state index contributed by atoms with van der Waals surface area (Å²) < 4.78 is 46.4. The molecule has 6 nitrogen and oxygen atoms in total. The van der Waals surface area contributed by atoms with Crippen LogP contribution in [0.5, 0.6) is 0 Å². The average molecular weight is 443 g/mol. The number of halogens is 3. The van der Waals surface area contributed by atoms with Gasteiger partial charge in [-0.25, -0.2) is 27.9 Å². The molecule has 0 radical (unpaired) electrons. The van der Waals surface area contributed by atoms with Crippen LogP contribution in [0.4, 0.5) is 24.0 Å². The van der Waals surface area contributed by atoms with Crippen molar-refractivity contribution in [2.75, 3.05) is 4.90 Å². The predicted molar refractivity (Wildman–Crippen MR) is 108 cm³/mol. The molecule has 2 aromatic carbocycles. The van der Waals surface area contributed by atoms with Gasteiger partial charge < -0.3 is 4.74 Å². The molecule has 1 aromatic heterocycles. The zero-order chi connectivity index (χ0) is 22.1. The molecule has 0 atom stereocenters. The molecule has 10 heteroatoms. The van der Waals surface area contributed by atoms with E-state index in [1.807, 2.05) is 0 Å². The molecule has 1 aliphatic rings. The number of nitrogens with zero attached hydrogens (tertiary/aromatic N) is 3. The van der Waals surface area contributed by atoms with Crippen molar-refractivity contribution in [3.05, 3.63) is 82.3 Å². The van der Waals surface area contributed by atoms with Crippen LogP contribution >= 0.6 is 11.3 Å². The molecule has 0 aliphatic carbocycles. The number of ether oxygens (including phenoxy) is 1. The van der Waals surface area contributed by atoms with Crippen molar-refractivity contribution in [3.8, 4) is 0 Å². The van der Waals surface area contributed by atoms with Crippen molar-refractivity contribution in [1.29, 1.82) is 0 Å². The van der Waals surface area contributed by atoms with E-state index in [0.29, 0.717) is 6.07 Å². The first-order valence-corrected chi connectivity index (χ1v) is 9.70. The molecule has 1 amide bonds. The Labute approximate surface area is 177 Å². The van der Waals surface area contributed by atoms with Crippen LogP contribution in [0.25, 0.3) is 6.08 Å². The van der Waals surface area contributed by atoms with Crippen LogP contribution in [0.2, 0.25) is 0 Å². The fraction of sp³-hybridized carbons (Fsp3) is 0.0476. The number of cyclic esters (lactones) is 1. The van der Waals surface area contributed by atoms with Crippen molar-refractivity contribution in [3.63, 3.8) is 0 Å². The quantitative estimate of drug-likeness (QED) is 0.437. The standard InChI is InChI=1S/C21H12F3N3O3S/c1-11(28)27(18-7-6-12(22)8-16(18)24)21-25-13(10-31-21)9-17-20(29)30-19(26-17)14-4-2-3-5-15(14)23/h2-10H,1H3/b17-9-. The molecular weight excluding hydrogens is 431 g/mol. The van der Waals surface area contributed by atoms with E-state index in [1.165, 1.54) is 36.6 Å². The Hall–Kier alpha value is -3.79. The summed E-state index contributed by atoms with van der Waals surface area (Å²) in [5.74, 6) is -3.81. The van der Waals surface area contributed by atoms with Gasteiger partial charge in [-0.05, 0) is 30.3 Å². The fourth-order valence-corrected chi connectivity index (χ4v) is 3.65. The van der Waals surface area contributed by atoms with E-state index in [0.717, 1.165) is 28.4 Å². The van der Waals surface area contributed by atoms with E-state index in [4.69, 9.17) is 4.74 Å². The highest BCUT2D eigenvalue weighted by Gasteiger charge is 2.27. The third kappa shape index (κ3) is 4.10. The first-order valence-electron chi connectivity index (χ1n) is 8.82. The normalized spacial score (nSPS) is 14.5. The largest absolute Gasteiger partial charge is 0.402 e. The van der Waals surface area contributed by atoms with Crippen molar-refractivity contribution in [1.82, 2.24) is 4.98 Å². The molecule has 0 fully saturated rings. The van der Waals surface area contributed by atoms with Crippen LogP contribution in [0, 0.1) is 17.5 Å². The molecule has 0 unspecified atom stereocenters. The van der Waals surface area contributed by atoms with Crippen LogP contribution in [0.3, 0.4) is 0 Å². The number of aliphatic imine (C=N–C) groups is 1. The summed E-state index contributed by atoms with van der Waals surface area (Å²) >= 11 is 1.01. The maximum Gasteiger partial charge on any atom is 0.363 e. The van der Waals surface area contributed by atoms with E-state index in [-0.39, 0.29) is 33.7 Å². The lowest BCUT2D eigenvalue weighted by Gasteiger charge is -2.18. The number of aromatic nitrogens is 1. The number of carbonyl (C=O) groups is 2. The number of esters is 1. The van der Waals surface area contributed by atoms with Crippen molar-refractivity contribution >= 4 is 46.0 Å². The second kappa shape index (κ2) is 8.15. The number of amides is 1. The van der Waals surface area contributed by atoms with E-state index in [1.54, 1.807) is 6.07 Å². The Morgan fingerprint density at radius 2 is 1.90 bits per heavy atom. The van der Waals surface area contributed by atoms with Crippen LogP contribution in [0.15, 0.2) is 58.5 Å². The Morgan fingerprint density at radius 3 is 2.61 bits per heavy atom.